The summed E-state index contributed by atoms with van der Waals surface area (Å²) in [4.78, 5) is 19.6. The number of para-hydroxylation sites is 3. The van der Waals surface area contributed by atoms with Crippen LogP contribution in [0.15, 0.2) is 72.8 Å². The number of aromatic nitrogens is 2. The molecule has 1 aromatic heterocycles. The summed E-state index contributed by atoms with van der Waals surface area (Å²) in [6.07, 6.45) is 2.29. The molecule has 174 valence electrons. The quantitative estimate of drug-likeness (QED) is 0.284. The monoisotopic (exact) mass is 473 g/mol. The Morgan fingerprint density at radius 2 is 1.79 bits per heavy atom. The van der Waals surface area contributed by atoms with Crippen molar-refractivity contribution in [2.75, 3.05) is 18.1 Å². The number of hydrogen-bond donors (Lipinski definition) is 0. The van der Waals surface area contributed by atoms with Gasteiger partial charge < -0.3 is 14.2 Å². The number of carbonyl (C=O) groups excluding carboxylic acids is 1. The number of imidazole rings is 1. The summed E-state index contributed by atoms with van der Waals surface area (Å²) in [6.45, 7) is 4.12. The van der Waals surface area contributed by atoms with Crippen molar-refractivity contribution in [1.82, 2.24) is 9.55 Å². The molecule has 1 aliphatic rings. The fourth-order valence-electron chi connectivity index (χ4n) is 4.66. The molecule has 6 heteroatoms. The molecule has 4 aromatic rings. The minimum Gasteiger partial charge on any atom is -0.494 e. The number of anilines is 1. The summed E-state index contributed by atoms with van der Waals surface area (Å²) in [7, 11) is 0. The lowest BCUT2D eigenvalue weighted by Gasteiger charge is -2.18. The van der Waals surface area contributed by atoms with Gasteiger partial charge in [0.05, 0.1) is 28.4 Å². The molecule has 5 nitrogen and oxygen atoms in total. The second-order valence-corrected chi connectivity index (χ2v) is 9.07. The van der Waals surface area contributed by atoms with Gasteiger partial charge in [-0.1, -0.05) is 54.9 Å². The number of aryl methyl sites for hydroxylation is 2. The van der Waals surface area contributed by atoms with E-state index in [2.05, 4.69) is 29.7 Å². The number of hydrogen-bond acceptors (Lipinski definition) is 3. The summed E-state index contributed by atoms with van der Waals surface area (Å²) in [5, 5.41) is 0.592. The van der Waals surface area contributed by atoms with Crippen LogP contribution in [0, 0.1) is 0 Å². The van der Waals surface area contributed by atoms with Crippen LogP contribution in [-0.2, 0) is 17.8 Å². The molecule has 0 bridgehead atoms. The van der Waals surface area contributed by atoms with Crippen LogP contribution in [-0.4, -0.2) is 28.6 Å². The normalized spacial score (nSPS) is 15.9. The second kappa shape index (κ2) is 9.90. The van der Waals surface area contributed by atoms with E-state index in [9.17, 15) is 4.79 Å². The Balaban J connectivity index is 1.33. The topological polar surface area (TPSA) is 47.4 Å². The maximum absolute atomic E-state index is 12.9. The first-order chi connectivity index (χ1) is 16.6. The van der Waals surface area contributed by atoms with Crippen LogP contribution in [0.4, 0.5) is 5.69 Å². The number of carbonyl (C=O) groups is 1. The van der Waals surface area contributed by atoms with E-state index in [1.807, 2.05) is 54.6 Å². The van der Waals surface area contributed by atoms with Crippen LogP contribution in [0.5, 0.6) is 5.75 Å². The van der Waals surface area contributed by atoms with E-state index in [1.165, 1.54) is 5.56 Å². The first-order valence-electron chi connectivity index (χ1n) is 11.9. The molecular formula is C28H28ClN3O2. The first kappa shape index (κ1) is 22.5. The average molecular weight is 474 g/mol. The summed E-state index contributed by atoms with van der Waals surface area (Å²) in [5.74, 6) is 1.94. The highest BCUT2D eigenvalue weighted by Gasteiger charge is 2.35. The van der Waals surface area contributed by atoms with Gasteiger partial charge in [-0.15, -0.1) is 0 Å². The van der Waals surface area contributed by atoms with Crippen LogP contribution in [0.25, 0.3) is 11.0 Å². The van der Waals surface area contributed by atoms with Gasteiger partial charge in [-0.25, -0.2) is 4.98 Å². The highest BCUT2D eigenvalue weighted by molar-refractivity contribution is 6.33. The van der Waals surface area contributed by atoms with E-state index >= 15 is 0 Å². The third-order valence-corrected chi connectivity index (χ3v) is 6.76. The van der Waals surface area contributed by atoms with Crippen molar-refractivity contribution in [3.63, 3.8) is 0 Å². The molecule has 0 aliphatic carbocycles. The molecule has 1 saturated heterocycles. The highest BCUT2D eigenvalue weighted by Crippen LogP contribution is 2.36. The Hall–Kier alpha value is -3.31. The van der Waals surface area contributed by atoms with Crippen molar-refractivity contribution in [2.24, 2.45) is 0 Å². The lowest BCUT2D eigenvalue weighted by molar-refractivity contribution is -0.117. The zero-order valence-electron chi connectivity index (χ0n) is 19.3. The number of benzene rings is 3. The van der Waals surface area contributed by atoms with E-state index in [0.29, 0.717) is 24.6 Å². The van der Waals surface area contributed by atoms with Crippen LogP contribution in [0.3, 0.4) is 0 Å². The number of rotatable bonds is 8. The first-order valence-corrected chi connectivity index (χ1v) is 12.2. The molecule has 1 aliphatic heterocycles. The van der Waals surface area contributed by atoms with Gasteiger partial charge in [0.25, 0.3) is 0 Å². The van der Waals surface area contributed by atoms with Crippen LogP contribution < -0.4 is 9.64 Å². The molecular weight excluding hydrogens is 446 g/mol. The maximum atomic E-state index is 12.9. The molecule has 5 rings (SSSR count). The van der Waals surface area contributed by atoms with E-state index < -0.39 is 0 Å². The molecule has 0 spiro atoms. The van der Waals surface area contributed by atoms with Crippen molar-refractivity contribution in [3.05, 3.63) is 89.2 Å². The smallest absolute Gasteiger partial charge is 0.227 e. The minimum absolute atomic E-state index is 0.0127. The lowest BCUT2D eigenvalue weighted by atomic mass is 10.1. The Morgan fingerprint density at radius 3 is 2.59 bits per heavy atom. The van der Waals surface area contributed by atoms with Crippen molar-refractivity contribution in [3.8, 4) is 5.75 Å². The van der Waals surface area contributed by atoms with Crippen molar-refractivity contribution < 1.29 is 9.53 Å². The maximum Gasteiger partial charge on any atom is 0.227 e. The number of ether oxygens (including phenoxy) is 1. The fourth-order valence-corrected chi connectivity index (χ4v) is 4.90. The summed E-state index contributed by atoms with van der Waals surface area (Å²) in [5.41, 5.74) is 4.12. The van der Waals surface area contributed by atoms with Gasteiger partial charge in [-0.2, -0.15) is 0 Å². The lowest BCUT2D eigenvalue weighted by Crippen LogP contribution is -2.24. The number of nitrogens with zero attached hydrogens (tertiary/aromatic N) is 3. The largest absolute Gasteiger partial charge is 0.494 e. The SMILES string of the molecule is CCc1ccc(OCCCn2c([C@H]3CC(=O)N(c4ccccc4Cl)C3)nc3ccccc32)cc1. The third-order valence-electron chi connectivity index (χ3n) is 6.44. The van der Waals surface area contributed by atoms with Crippen LogP contribution >= 0.6 is 11.6 Å². The highest BCUT2D eigenvalue weighted by atomic mass is 35.5. The van der Waals surface area contributed by atoms with Crippen molar-refractivity contribution >= 4 is 34.2 Å². The van der Waals surface area contributed by atoms with Gasteiger partial charge in [0.1, 0.15) is 11.6 Å². The summed E-state index contributed by atoms with van der Waals surface area (Å²) < 4.78 is 8.23. The van der Waals surface area contributed by atoms with E-state index in [1.54, 1.807) is 4.90 Å². The number of halogens is 1. The minimum atomic E-state index is 0.0127. The van der Waals surface area contributed by atoms with Gasteiger partial charge in [-0.3, -0.25) is 4.79 Å². The van der Waals surface area contributed by atoms with Gasteiger partial charge in [0.15, 0.2) is 0 Å². The summed E-state index contributed by atoms with van der Waals surface area (Å²) in [6, 6.07) is 24.0. The predicted molar refractivity (Wildman–Crippen MR) is 137 cm³/mol. The molecule has 3 aromatic carbocycles. The Labute approximate surface area is 204 Å². The molecule has 0 unspecified atom stereocenters. The zero-order chi connectivity index (χ0) is 23.5. The zero-order valence-corrected chi connectivity index (χ0v) is 20.0. The molecule has 0 N–H and O–H groups in total. The third kappa shape index (κ3) is 4.53. The van der Waals surface area contributed by atoms with E-state index in [-0.39, 0.29) is 11.8 Å². The van der Waals surface area contributed by atoms with Gasteiger partial charge in [0.2, 0.25) is 5.91 Å². The molecule has 0 radical (unpaired) electrons. The molecule has 34 heavy (non-hydrogen) atoms. The van der Waals surface area contributed by atoms with E-state index in [4.69, 9.17) is 21.3 Å². The molecule has 1 amide bonds. The Bertz CT molecular complexity index is 1300. The van der Waals surface area contributed by atoms with Crippen molar-refractivity contribution in [2.45, 2.75) is 38.6 Å². The average Bonchev–Trinajstić information content (AvgIpc) is 3.43. The standard InChI is InChI=1S/C28H28ClN3O2/c1-2-20-12-14-22(15-13-20)34-17-7-16-31-26-11-6-4-9-24(26)30-28(31)21-18-27(33)32(19-21)25-10-5-3-8-23(25)29/h3-6,8-15,21H,2,7,16-19H2,1H3/t21-/m0/s1. The predicted octanol–water partition coefficient (Wildman–Crippen LogP) is 6.24. The van der Waals surface area contributed by atoms with Crippen molar-refractivity contribution in [1.29, 1.82) is 0 Å². The second-order valence-electron chi connectivity index (χ2n) is 8.67. The number of amides is 1. The number of fused-ring (bicyclic) bond motifs is 1. The van der Waals surface area contributed by atoms with Gasteiger partial charge >= 0.3 is 0 Å². The van der Waals surface area contributed by atoms with Gasteiger partial charge in [0, 0.05) is 25.4 Å². The molecule has 2 heterocycles. The molecule has 1 atom stereocenters. The van der Waals surface area contributed by atoms with Gasteiger partial charge in [-0.05, 0) is 54.8 Å². The van der Waals surface area contributed by atoms with Crippen LogP contribution in [0.2, 0.25) is 5.02 Å². The van der Waals surface area contributed by atoms with Crippen LogP contribution in [0.1, 0.15) is 37.1 Å². The Morgan fingerprint density at radius 1 is 1.03 bits per heavy atom. The Kier molecular flexibility index (Phi) is 6.54. The fraction of sp³-hybridized carbons (Fsp3) is 0.286. The summed E-state index contributed by atoms with van der Waals surface area (Å²) >= 11 is 6.38. The molecule has 0 saturated carbocycles. The molecule has 1 fully saturated rings. The van der Waals surface area contributed by atoms with E-state index in [0.717, 1.165) is 47.7 Å².